The predicted molar refractivity (Wildman–Crippen MR) is 85.3 cm³/mol. The van der Waals surface area contributed by atoms with Gasteiger partial charge in [0, 0.05) is 9.61 Å². The van der Waals surface area contributed by atoms with Crippen molar-refractivity contribution in [1.82, 2.24) is 5.32 Å². The van der Waals surface area contributed by atoms with Crippen LogP contribution in [0, 0.1) is 3.57 Å². The lowest BCUT2D eigenvalue weighted by molar-refractivity contribution is 0.0698. The summed E-state index contributed by atoms with van der Waals surface area (Å²) >= 11 is 1.97. The molecule has 0 aliphatic carbocycles. The summed E-state index contributed by atoms with van der Waals surface area (Å²) in [5.74, 6) is -1.17. The summed E-state index contributed by atoms with van der Waals surface area (Å²) in [6.07, 6.45) is 0.369. The van der Waals surface area contributed by atoms with Crippen molar-refractivity contribution in [2.45, 2.75) is 12.5 Å². The summed E-state index contributed by atoms with van der Waals surface area (Å²) in [4.78, 5) is 23.0. The number of nitrogens with one attached hydrogen (secondary N) is 2. The number of sulfone groups is 1. The minimum atomic E-state index is -3.08. The number of rotatable bonds is 3. The lowest BCUT2D eigenvalue weighted by Crippen LogP contribution is -2.38. The largest absolute Gasteiger partial charge is 0.478 e. The fourth-order valence-electron chi connectivity index (χ4n) is 2.06. The van der Waals surface area contributed by atoms with Crippen LogP contribution in [0.3, 0.4) is 0 Å². The molecular formula is C12H13IN2O5S. The summed E-state index contributed by atoms with van der Waals surface area (Å²) in [6.45, 7) is 0. The molecule has 2 amide bonds. The van der Waals surface area contributed by atoms with Crippen LogP contribution in [0.15, 0.2) is 18.2 Å². The Hall–Kier alpha value is -1.36. The van der Waals surface area contributed by atoms with Crippen LogP contribution in [0.4, 0.5) is 10.5 Å². The van der Waals surface area contributed by atoms with Crippen molar-refractivity contribution in [3.63, 3.8) is 0 Å². The molecule has 1 aromatic rings. The summed E-state index contributed by atoms with van der Waals surface area (Å²) in [5.41, 5.74) is 0.150. The Bertz CT molecular complexity index is 689. The van der Waals surface area contributed by atoms with Gasteiger partial charge in [-0.2, -0.15) is 0 Å². The van der Waals surface area contributed by atoms with Crippen molar-refractivity contribution in [3.8, 4) is 0 Å². The average molecular weight is 424 g/mol. The Morgan fingerprint density at radius 2 is 2.05 bits per heavy atom. The highest BCUT2D eigenvalue weighted by atomic mass is 127. The molecule has 0 saturated carbocycles. The molecule has 9 heteroatoms. The molecule has 0 aromatic heterocycles. The van der Waals surface area contributed by atoms with E-state index in [1.165, 1.54) is 12.1 Å². The number of carbonyl (C=O) groups is 2. The first-order chi connectivity index (χ1) is 9.77. The number of carboxylic acids is 1. The third-order valence-corrected chi connectivity index (χ3v) is 5.47. The second kappa shape index (κ2) is 6.18. The molecule has 1 saturated heterocycles. The van der Waals surface area contributed by atoms with Crippen molar-refractivity contribution in [2.75, 3.05) is 16.8 Å². The van der Waals surface area contributed by atoms with E-state index in [9.17, 15) is 18.0 Å². The van der Waals surface area contributed by atoms with Gasteiger partial charge in [-0.1, -0.05) is 0 Å². The number of amides is 2. The zero-order valence-corrected chi connectivity index (χ0v) is 13.8. The van der Waals surface area contributed by atoms with Gasteiger partial charge in [-0.25, -0.2) is 18.0 Å². The minimum Gasteiger partial charge on any atom is -0.478 e. The monoisotopic (exact) mass is 424 g/mol. The van der Waals surface area contributed by atoms with E-state index in [1.54, 1.807) is 6.07 Å². The van der Waals surface area contributed by atoms with Crippen molar-refractivity contribution >= 4 is 50.1 Å². The van der Waals surface area contributed by atoms with E-state index in [0.717, 1.165) is 3.57 Å². The minimum absolute atomic E-state index is 0.0175. The first-order valence-electron chi connectivity index (χ1n) is 6.07. The summed E-state index contributed by atoms with van der Waals surface area (Å²) in [5, 5.41) is 14.1. The zero-order chi connectivity index (χ0) is 15.6. The van der Waals surface area contributed by atoms with Crippen LogP contribution in [0.1, 0.15) is 16.8 Å². The van der Waals surface area contributed by atoms with Crippen molar-refractivity contribution < 1.29 is 23.1 Å². The molecule has 2 rings (SSSR count). The van der Waals surface area contributed by atoms with Gasteiger partial charge in [0.05, 0.1) is 22.8 Å². The third-order valence-electron chi connectivity index (χ3n) is 3.03. The van der Waals surface area contributed by atoms with Crippen LogP contribution in [0.25, 0.3) is 0 Å². The molecule has 1 unspecified atom stereocenters. The van der Waals surface area contributed by atoms with E-state index in [2.05, 4.69) is 10.6 Å². The van der Waals surface area contributed by atoms with Gasteiger partial charge in [0.1, 0.15) is 0 Å². The first-order valence-corrected chi connectivity index (χ1v) is 8.97. The highest BCUT2D eigenvalue weighted by molar-refractivity contribution is 14.1. The smallest absolute Gasteiger partial charge is 0.337 e. The van der Waals surface area contributed by atoms with Gasteiger partial charge in [0.2, 0.25) is 0 Å². The Labute approximate surface area is 135 Å². The Morgan fingerprint density at radius 3 is 2.62 bits per heavy atom. The van der Waals surface area contributed by atoms with Crippen LogP contribution in [-0.4, -0.2) is 43.1 Å². The second-order valence-electron chi connectivity index (χ2n) is 4.69. The molecule has 0 bridgehead atoms. The molecule has 0 radical (unpaired) electrons. The fraction of sp³-hybridized carbons (Fsp3) is 0.333. The van der Waals surface area contributed by atoms with Gasteiger partial charge in [-0.3, -0.25) is 0 Å². The number of benzene rings is 1. The Morgan fingerprint density at radius 1 is 1.33 bits per heavy atom. The molecule has 21 heavy (non-hydrogen) atoms. The van der Waals surface area contributed by atoms with E-state index in [0.29, 0.717) is 6.42 Å². The van der Waals surface area contributed by atoms with Crippen LogP contribution in [-0.2, 0) is 9.84 Å². The number of anilines is 1. The average Bonchev–Trinajstić information content (AvgIpc) is 2.70. The van der Waals surface area contributed by atoms with Crippen LogP contribution in [0.2, 0.25) is 0 Å². The van der Waals surface area contributed by atoms with E-state index in [1.807, 2.05) is 22.6 Å². The number of halogens is 1. The lowest BCUT2D eigenvalue weighted by Gasteiger charge is -2.13. The molecule has 0 spiro atoms. The van der Waals surface area contributed by atoms with Crippen LogP contribution in [0.5, 0.6) is 0 Å². The second-order valence-corrected chi connectivity index (χ2v) is 8.17. The quantitative estimate of drug-likeness (QED) is 0.634. The number of hydrogen-bond donors (Lipinski definition) is 3. The van der Waals surface area contributed by atoms with Gasteiger partial charge in [0.25, 0.3) is 0 Å². The van der Waals surface area contributed by atoms with Crippen molar-refractivity contribution in [2.24, 2.45) is 0 Å². The van der Waals surface area contributed by atoms with Gasteiger partial charge < -0.3 is 15.7 Å². The lowest BCUT2D eigenvalue weighted by atomic mass is 10.2. The predicted octanol–water partition coefficient (Wildman–Crippen LogP) is 1.30. The molecule has 1 aromatic carbocycles. The van der Waals surface area contributed by atoms with E-state index >= 15 is 0 Å². The molecule has 1 aliphatic heterocycles. The van der Waals surface area contributed by atoms with Crippen molar-refractivity contribution in [1.29, 1.82) is 0 Å². The molecule has 1 heterocycles. The molecule has 1 aliphatic rings. The number of carbonyl (C=O) groups excluding carboxylic acids is 1. The third kappa shape index (κ3) is 4.30. The fourth-order valence-corrected chi connectivity index (χ4v) is 4.22. The maximum absolute atomic E-state index is 11.8. The van der Waals surface area contributed by atoms with Gasteiger partial charge in [-0.15, -0.1) is 0 Å². The zero-order valence-electron chi connectivity index (χ0n) is 10.8. The summed E-state index contributed by atoms with van der Waals surface area (Å²) in [7, 11) is -3.08. The Kier molecular flexibility index (Phi) is 4.71. The molecule has 3 N–H and O–H groups in total. The first kappa shape index (κ1) is 16.0. The number of hydrogen-bond acceptors (Lipinski definition) is 4. The number of urea groups is 1. The SMILES string of the molecule is O=C(Nc1ccc(I)cc1C(=O)O)NC1CCS(=O)(=O)C1. The molecular weight excluding hydrogens is 411 g/mol. The normalized spacial score (nSPS) is 20.0. The van der Waals surface area contributed by atoms with Crippen molar-refractivity contribution in [3.05, 3.63) is 27.3 Å². The van der Waals surface area contributed by atoms with Crippen LogP contribution >= 0.6 is 22.6 Å². The topological polar surface area (TPSA) is 113 Å². The summed E-state index contributed by atoms with van der Waals surface area (Å²) < 4.78 is 23.4. The number of aromatic carboxylic acids is 1. The number of carboxylic acid groups (broad SMARTS) is 1. The molecule has 1 atom stereocenters. The highest BCUT2D eigenvalue weighted by Gasteiger charge is 2.29. The maximum atomic E-state index is 11.8. The molecule has 7 nitrogen and oxygen atoms in total. The van der Waals surface area contributed by atoms with E-state index in [-0.39, 0.29) is 22.8 Å². The van der Waals surface area contributed by atoms with Crippen LogP contribution < -0.4 is 10.6 Å². The summed E-state index contributed by atoms with van der Waals surface area (Å²) in [6, 6.07) is 3.56. The van der Waals surface area contributed by atoms with E-state index in [4.69, 9.17) is 5.11 Å². The molecule has 114 valence electrons. The molecule has 1 fully saturated rings. The van der Waals surface area contributed by atoms with Gasteiger partial charge >= 0.3 is 12.0 Å². The van der Waals surface area contributed by atoms with Gasteiger partial charge in [-0.05, 0) is 47.2 Å². The van der Waals surface area contributed by atoms with E-state index < -0.39 is 27.9 Å². The standard InChI is InChI=1S/C12H13IN2O5S/c13-7-1-2-10(9(5-7)11(16)17)15-12(18)14-8-3-4-21(19,20)6-8/h1-2,5,8H,3-4,6H2,(H,16,17)(H2,14,15,18). The van der Waals surface area contributed by atoms with Gasteiger partial charge in [0.15, 0.2) is 9.84 Å². The highest BCUT2D eigenvalue weighted by Crippen LogP contribution is 2.19. The maximum Gasteiger partial charge on any atom is 0.337 e. The Balaban J connectivity index is 2.05.